The molecule has 2 nitrogen and oxygen atoms in total. The van der Waals surface area contributed by atoms with E-state index in [4.69, 9.17) is 4.42 Å². The minimum atomic E-state index is 0.158. The number of hydrogen-bond donors (Lipinski definition) is 1. The molecule has 0 bridgehead atoms. The van der Waals surface area contributed by atoms with Crippen molar-refractivity contribution in [2.24, 2.45) is 0 Å². The summed E-state index contributed by atoms with van der Waals surface area (Å²) in [5.41, 5.74) is 1.10. The topological polar surface area (TPSA) is 25.2 Å². The van der Waals surface area contributed by atoms with Crippen LogP contribution in [0.1, 0.15) is 44.8 Å². The Balaban J connectivity index is 2.74. The zero-order chi connectivity index (χ0) is 11.3. The first-order chi connectivity index (χ1) is 7.19. The molecule has 0 spiro atoms. The van der Waals surface area contributed by atoms with Gasteiger partial charge in [0.2, 0.25) is 0 Å². The molecule has 0 saturated carbocycles. The first-order valence-electron chi connectivity index (χ1n) is 5.66. The van der Waals surface area contributed by atoms with Gasteiger partial charge in [-0.05, 0) is 32.0 Å². The second kappa shape index (κ2) is 5.76. The van der Waals surface area contributed by atoms with Crippen LogP contribution < -0.4 is 5.32 Å². The van der Waals surface area contributed by atoms with Gasteiger partial charge in [0, 0.05) is 6.42 Å². The second-order valence-corrected chi connectivity index (χ2v) is 3.89. The summed E-state index contributed by atoms with van der Waals surface area (Å²) in [7, 11) is 0. The highest BCUT2D eigenvalue weighted by Gasteiger charge is 2.14. The lowest BCUT2D eigenvalue weighted by Gasteiger charge is -2.16. The van der Waals surface area contributed by atoms with Gasteiger partial charge in [0.1, 0.15) is 11.5 Å². The summed E-state index contributed by atoms with van der Waals surface area (Å²) in [6.45, 7) is 11.3. The Morgan fingerprint density at radius 3 is 2.67 bits per heavy atom. The molecule has 1 atom stereocenters. The molecule has 1 unspecified atom stereocenters. The molecule has 1 aromatic rings. The standard InChI is InChI=1S/C13H21NO/c1-5-9-14-13(10(3)4)12-8-7-11(6-2)15-12/h7-8,13-14H,3,5-6,9H2,1-2,4H3. The Morgan fingerprint density at radius 1 is 1.47 bits per heavy atom. The van der Waals surface area contributed by atoms with Crippen molar-refractivity contribution >= 4 is 0 Å². The molecule has 2 heteroatoms. The SMILES string of the molecule is C=C(C)C(NCCC)c1ccc(CC)o1. The van der Waals surface area contributed by atoms with Crippen LogP contribution in [-0.2, 0) is 6.42 Å². The van der Waals surface area contributed by atoms with E-state index >= 15 is 0 Å². The third-order valence-electron chi connectivity index (χ3n) is 2.41. The molecule has 0 aliphatic carbocycles. The monoisotopic (exact) mass is 207 g/mol. The van der Waals surface area contributed by atoms with Crippen LogP contribution >= 0.6 is 0 Å². The summed E-state index contributed by atoms with van der Waals surface area (Å²) in [6, 6.07) is 4.24. The molecule has 0 aliphatic rings. The molecule has 0 saturated heterocycles. The predicted molar refractivity (Wildman–Crippen MR) is 63.9 cm³/mol. The van der Waals surface area contributed by atoms with E-state index in [1.165, 1.54) is 0 Å². The summed E-state index contributed by atoms with van der Waals surface area (Å²) in [6.07, 6.45) is 2.06. The number of hydrogen-bond acceptors (Lipinski definition) is 2. The molecule has 84 valence electrons. The van der Waals surface area contributed by atoms with Crippen LogP contribution in [-0.4, -0.2) is 6.54 Å². The van der Waals surface area contributed by atoms with Gasteiger partial charge in [0.25, 0.3) is 0 Å². The third kappa shape index (κ3) is 3.24. The molecule has 1 N–H and O–H groups in total. The fourth-order valence-corrected chi connectivity index (χ4v) is 1.55. The van der Waals surface area contributed by atoms with Gasteiger partial charge in [0.15, 0.2) is 0 Å². The first-order valence-corrected chi connectivity index (χ1v) is 5.66. The zero-order valence-corrected chi connectivity index (χ0v) is 9.97. The van der Waals surface area contributed by atoms with E-state index in [9.17, 15) is 0 Å². The summed E-state index contributed by atoms with van der Waals surface area (Å²) in [5.74, 6) is 2.02. The van der Waals surface area contributed by atoms with Crippen molar-refractivity contribution in [3.8, 4) is 0 Å². The van der Waals surface area contributed by atoms with Crippen molar-refractivity contribution in [2.75, 3.05) is 6.54 Å². The molecular weight excluding hydrogens is 186 g/mol. The predicted octanol–water partition coefficient (Wildman–Crippen LogP) is 3.46. The highest BCUT2D eigenvalue weighted by Crippen LogP contribution is 2.22. The molecule has 1 rings (SSSR count). The van der Waals surface area contributed by atoms with Gasteiger partial charge >= 0.3 is 0 Å². The van der Waals surface area contributed by atoms with Crippen LogP contribution in [0, 0.1) is 0 Å². The maximum atomic E-state index is 5.73. The van der Waals surface area contributed by atoms with E-state index in [2.05, 4.69) is 25.7 Å². The van der Waals surface area contributed by atoms with Gasteiger partial charge in [-0.1, -0.05) is 26.0 Å². The molecule has 0 aliphatic heterocycles. The molecule has 0 aromatic carbocycles. The highest BCUT2D eigenvalue weighted by molar-refractivity contribution is 5.19. The summed E-state index contributed by atoms with van der Waals surface area (Å²) in [5, 5.41) is 3.43. The Hall–Kier alpha value is -1.02. The van der Waals surface area contributed by atoms with E-state index in [1.807, 2.05) is 19.1 Å². The van der Waals surface area contributed by atoms with Crippen molar-refractivity contribution in [3.63, 3.8) is 0 Å². The first kappa shape index (κ1) is 12.1. The number of aryl methyl sites for hydroxylation is 1. The van der Waals surface area contributed by atoms with Crippen LogP contribution in [0.4, 0.5) is 0 Å². The fraction of sp³-hybridized carbons (Fsp3) is 0.538. The second-order valence-electron chi connectivity index (χ2n) is 3.89. The van der Waals surface area contributed by atoms with Gasteiger partial charge in [-0.3, -0.25) is 0 Å². The molecule has 1 heterocycles. The van der Waals surface area contributed by atoms with E-state index in [1.54, 1.807) is 0 Å². The van der Waals surface area contributed by atoms with Gasteiger partial charge in [-0.25, -0.2) is 0 Å². The highest BCUT2D eigenvalue weighted by atomic mass is 16.3. The third-order valence-corrected chi connectivity index (χ3v) is 2.41. The van der Waals surface area contributed by atoms with Crippen molar-refractivity contribution < 1.29 is 4.42 Å². The maximum absolute atomic E-state index is 5.73. The zero-order valence-electron chi connectivity index (χ0n) is 9.97. The minimum Gasteiger partial charge on any atom is -0.464 e. The smallest absolute Gasteiger partial charge is 0.125 e. The summed E-state index contributed by atoms with van der Waals surface area (Å²) < 4.78 is 5.73. The van der Waals surface area contributed by atoms with E-state index in [0.29, 0.717) is 0 Å². The molecule has 0 amide bonds. The Bertz CT molecular complexity index is 314. The van der Waals surface area contributed by atoms with Crippen LogP contribution in [0.3, 0.4) is 0 Å². The van der Waals surface area contributed by atoms with Gasteiger partial charge in [-0.15, -0.1) is 0 Å². The Kier molecular flexibility index (Phi) is 4.63. The molecule has 0 radical (unpaired) electrons. The quantitative estimate of drug-likeness (QED) is 0.723. The summed E-state index contributed by atoms with van der Waals surface area (Å²) >= 11 is 0. The Labute approximate surface area is 92.4 Å². The molecule has 1 aromatic heterocycles. The van der Waals surface area contributed by atoms with Crippen molar-refractivity contribution in [2.45, 2.75) is 39.7 Å². The van der Waals surface area contributed by atoms with Gasteiger partial charge < -0.3 is 9.73 Å². The number of nitrogens with one attached hydrogen (secondary N) is 1. The average Bonchev–Trinajstić information content (AvgIpc) is 2.66. The lowest BCUT2D eigenvalue weighted by molar-refractivity contribution is 0.419. The minimum absolute atomic E-state index is 0.158. The van der Waals surface area contributed by atoms with Gasteiger partial charge in [-0.2, -0.15) is 0 Å². The fourth-order valence-electron chi connectivity index (χ4n) is 1.55. The van der Waals surface area contributed by atoms with Crippen LogP contribution in [0.15, 0.2) is 28.7 Å². The lowest BCUT2D eigenvalue weighted by Crippen LogP contribution is -2.22. The van der Waals surface area contributed by atoms with Crippen LogP contribution in [0.2, 0.25) is 0 Å². The molecule has 15 heavy (non-hydrogen) atoms. The largest absolute Gasteiger partial charge is 0.464 e. The normalized spacial score (nSPS) is 12.7. The maximum Gasteiger partial charge on any atom is 0.125 e. The molecular formula is C13H21NO. The molecule has 0 fully saturated rings. The number of furan rings is 1. The van der Waals surface area contributed by atoms with E-state index in [-0.39, 0.29) is 6.04 Å². The van der Waals surface area contributed by atoms with Crippen molar-refractivity contribution in [3.05, 3.63) is 35.8 Å². The average molecular weight is 207 g/mol. The van der Waals surface area contributed by atoms with Crippen LogP contribution in [0.5, 0.6) is 0 Å². The summed E-state index contributed by atoms with van der Waals surface area (Å²) in [4.78, 5) is 0. The van der Waals surface area contributed by atoms with Crippen molar-refractivity contribution in [1.82, 2.24) is 5.32 Å². The lowest BCUT2D eigenvalue weighted by atomic mass is 10.1. The van der Waals surface area contributed by atoms with Gasteiger partial charge in [0.05, 0.1) is 6.04 Å². The van der Waals surface area contributed by atoms with E-state index < -0.39 is 0 Å². The van der Waals surface area contributed by atoms with E-state index in [0.717, 1.165) is 36.5 Å². The Morgan fingerprint density at radius 2 is 2.20 bits per heavy atom. The number of rotatable bonds is 6. The van der Waals surface area contributed by atoms with Crippen molar-refractivity contribution in [1.29, 1.82) is 0 Å². The van der Waals surface area contributed by atoms with Crippen LogP contribution in [0.25, 0.3) is 0 Å².